The number of nitrogens with one attached hydrogen (secondary N) is 1. The summed E-state index contributed by atoms with van der Waals surface area (Å²) < 4.78 is 24.1. The molecule has 0 heterocycles. The maximum absolute atomic E-state index is 10.8. The predicted molar refractivity (Wildman–Crippen MR) is 50.4 cm³/mol. The van der Waals surface area contributed by atoms with Crippen LogP contribution in [0.4, 0.5) is 5.69 Å². The summed E-state index contributed by atoms with van der Waals surface area (Å²) >= 11 is 3.79. The number of sulfonamides is 1. The smallest absolute Gasteiger partial charge is 0.238 e. The highest BCUT2D eigenvalue weighted by molar-refractivity contribution is 7.89. The van der Waals surface area contributed by atoms with E-state index in [9.17, 15) is 8.42 Å². The first-order valence-corrected chi connectivity index (χ1v) is 5.06. The molecule has 1 aromatic carbocycles. The average molecular weight is 204 g/mol. The van der Waals surface area contributed by atoms with Gasteiger partial charge in [-0.2, -0.15) is 0 Å². The molecule has 0 unspecified atom stereocenters. The Morgan fingerprint density at radius 2 is 1.75 bits per heavy atom. The van der Waals surface area contributed by atoms with E-state index in [2.05, 4.69) is 17.5 Å². The second-order valence-corrected chi connectivity index (χ2v) is 3.97. The van der Waals surface area contributed by atoms with Crippen molar-refractivity contribution in [1.29, 1.82) is 0 Å². The van der Waals surface area contributed by atoms with Crippen LogP contribution >= 0.6 is 12.8 Å². The highest BCUT2D eigenvalue weighted by Gasteiger charge is 2.05. The number of nitrogens with two attached hydrogens (primary N) is 1. The third-order valence-corrected chi connectivity index (χ3v) is 2.50. The second kappa shape index (κ2) is 3.34. The van der Waals surface area contributed by atoms with E-state index in [1.807, 2.05) is 0 Å². The zero-order valence-corrected chi connectivity index (χ0v) is 7.77. The van der Waals surface area contributed by atoms with Crippen LogP contribution in [-0.4, -0.2) is 8.42 Å². The first-order valence-electron chi connectivity index (χ1n) is 3.07. The molecule has 0 fully saturated rings. The van der Waals surface area contributed by atoms with Gasteiger partial charge in [-0.1, -0.05) is 12.8 Å². The number of anilines is 1. The van der Waals surface area contributed by atoms with Gasteiger partial charge < -0.3 is 4.72 Å². The lowest BCUT2D eigenvalue weighted by Crippen LogP contribution is -2.11. The van der Waals surface area contributed by atoms with Crippen molar-refractivity contribution in [2.75, 3.05) is 4.72 Å². The number of primary sulfonamides is 1. The van der Waals surface area contributed by atoms with Gasteiger partial charge in [0.15, 0.2) is 0 Å². The Kier molecular flexibility index (Phi) is 2.61. The van der Waals surface area contributed by atoms with Crippen molar-refractivity contribution in [3.8, 4) is 0 Å². The molecule has 1 aromatic rings. The van der Waals surface area contributed by atoms with Crippen molar-refractivity contribution in [2.45, 2.75) is 4.90 Å². The maximum Gasteiger partial charge on any atom is 0.238 e. The fraction of sp³-hybridized carbons (Fsp3) is 0. The van der Waals surface area contributed by atoms with Crippen LogP contribution in [0, 0.1) is 0 Å². The Morgan fingerprint density at radius 3 is 2.08 bits per heavy atom. The molecule has 0 aliphatic carbocycles. The maximum atomic E-state index is 10.8. The highest BCUT2D eigenvalue weighted by Crippen LogP contribution is 2.12. The Labute approximate surface area is 76.4 Å². The van der Waals surface area contributed by atoms with E-state index in [0.29, 0.717) is 5.69 Å². The lowest BCUT2D eigenvalue weighted by Gasteiger charge is -1.99. The van der Waals surface area contributed by atoms with Crippen LogP contribution in [-0.2, 0) is 10.0 Å². The molecule has 3 N–H and O–H groups in total. The number of hydrogen-bond donors (Lipinski definition) is 3. The third kappa shape index (κ3) is 2.13. The quantitative estimate of drug-likeness (QED) is 0.617. The number of benzene rings is 1. The Morgan fingerprint density at radius 1 is 1.25 bits per heavy atom. The molecule has 0 aliphatic heterocycles. The van der Waals surface area contributed by atoms with Gasteiger partial charge in [0.05, 0.1) is 4.90 Å². The molecule has 0 aromatic heterocycles. The summed E-state index contributed by atoms with van der Waals surface area (Å²) in [5.74, 6) is 0. The van der Waals surface area contributed by atoms with Crippen LogP contribution in [0.15, 0.2) is 29.2 Å². The number of thiol groups is 1. The Balaban J connectivity index is 3.09. The molecule has 0 spiro atoms. The lowest BCUT2D eigenvalue weighted by atomic mass is 10.3. The van der Waals surface area contributed by atoms with Gasteiger partial charge in [0.1, 0.15) is 0 Å². The molecule has 4 nitrogen and oxygen atoms in total. The Hall–Kier alpha value is -0.720. The summed E-state index contributed by atoms with van der Waals surface area (Å²) in [6.45, 7) is 0. The molecule has 0 aliphatic rings. The first kappa shape index (κ1) is 9.37. The van der Waals surface area contributed by atoms with Crippen molar-refractivity contribution in [3.05, 3.63) is 24.3 Å². The molecule has 6 heteroatoms. The fourth-order valence-electron chi connectivity index (χ4n) is 0.719. The lowest BCUT2D eigenvalue weighted by molar-refractivity contribution is 0.598. The van der Waals surface area contributed by atoms with E-state index in [1.165, 1.54) is 12.1 Å². The first-order chi connectivity index (χ1) is 5.54. The predicted octanol–water partition coefficient (Wildman–Crippen LogP) is 0.591. The summed E-state index contributed by atoms with van der Waals surface area (Å²) in [6.07, 6.45) is 0. The Bertz CT molecular complexity index is 358. The van der Waals surface area contributed by atoms with Gasteiger partial charge in [0, 0.05) is 5.69 Å². The molecule has 0 atom stereocenters. The largest absolute Gasteiger partial charge is 0.332 e. The van der Waals surface area contributed by atoms with Gasteiger partial charge in [-0.3, -0.25) is 0 Å². The summed E-state index contributed by atoms with van der Waals surface area (Å²) in [5.41, 5.74) is 0.714. The summed E-state index contributed by atoms with van der Waals surface area (Å²) in [7, 11) is -3.58. The van der Waals surface area contributed by atoms with Crippen LogP contribution in [0.3, 0.4) is 0 Å². The van der Waals surface area contributed by atoms with Crippen LogP contribution in [0.5, 0.6) is 0 Å². The van der Waals surface area contributed by atoms with E-state index >= 15 is 0 Å². The van der Waals surface area contributed by atoms with Crippen molar-refractivity contribution in [2.24, 2.45) is 5.14 Å². The van der Waals surface area contributed by atoms with Crippen molar-refractivity contribution < 1.29 is 8.42 Å². The minimum atomic E-state index is -3.58. The molecule has 0 radical (unpaired) electrons. The van der Waals surface area contributed by atoms with E-state index in [4.69, 9.17) is 5.14 Å². The van der Waals surface area contributed by atoms with Gasteiger partial charge in [-0.05, 0) is 24.3 Å². The highest BCUT2D eigenvalue weighted by atomic mass is 32.2. The van der Waals surface area contributed by atoms with Crippen LogP contribution in [0.1, 0.15) is 0 Å². The number of hydrogen-bond acceptors (Lipinski definition) is 4. The zero-order valence-electron chi connectivity index (χ0n) is 6.06. The average Bonchev–Trinajstić information content (AvgIpc) is 2.03. The molecule has 1 rings (SSSR count). The van der Waals surface area contributed by atoms with Gasteiger partial charge in [-0.25, -0.2) is 13.6 Å². The molecule has 0 amide bonds. The molecular formula is C6H8N2O2S2. The second-order valence-electron chi connectivity index (χ2n) is 2.18. The minimum absolute atomic E-state index is 0.0924. The molecule has 0 bridgehead atoms. The third-order valence-electron chi connectivity index (χ3n) is 1.31. The van der Waals surface area contributed by atoms with Crippen molar-refractivity contribution in [1.82, 2.24) is 0 Å². The van der Waals surface area contributed by atoms with Crippen LogP contribution in [0.25, 0.3) is 0 Å². The van der Waals surface area contributed by atoms with E-state index < -0.39 is 10.0 Å². The zero-order chi connectivity index (χ0) is 9.19. The van der Waals surface area contributed by atoms with Gasteiger partial charge in [-0.15, -0.1) is 0 Å². The summed E-state index contributed by atoms with van der Waals surface area (Å²) in [5, 5.41) is 4.88. The summed E-state index contributed by atoms with van der Waals surface area (Å²) in [4.78, 5) is 0.0924. The fourth-order valence-corrected chi connectivity index (χ4v) is 1.38. The van der Waals surface area contributed by atoms with Crippen LogP contribution in [0.2, 0.25) is 0 Å². The van der Waals surface area contributed by atoms with Gasteiger partial charge >= 0.3 is 0 Å². The van der Waals surface area contributed by atoms with Gasteiger partial charge in [0.25, 0.3) is 0 Å². The molecule has 0 saturated heterocycles. The van der Waals surface area contributed by atoms with Crippen molar-refractivity contribution in [3.63, 3.8) is 0 Å². The molecule has 0 saturated carbocycles. The number of rotatable bonds is 2. The molecule has 12 heavy (non-hydrogen) atoms. The van der Waals surface area contributed by atoms with Crippen LogP contribution < -0.4 is 9.86 Å². The summed E-state index contributed by atoms with van der Waals surface area (Å²) in [6, 6.07) is 5.97. The molecular weight excluding hydrogens is 196 g/mol. The van der Waals surface area contributed by atoms with E-state index in [-0.39, 0.29) is 4.90 Å². The van der Waals surface area contributed by atoms with Gasteiger partial charge in [0.2, 0.25) is 10.0 Å². The molecule has 66 valence electrons. The topological polar surface area (TPSA) is 72.2 Å². The van der Waals surface area contributed by atoms with E-state index in [1.54, 1.807) is 12.1 Å². The SMILES string of the molecule is NS(=O)(=O)c1ccc(NS)cc1. The minimum Gasteiger partial charge on any atom is -0.332 e. The van der Waals surface area contributed by atoms with E-state index in [0.717, 1.165) is 0 Å². The standard InChI is InChI=1S/C6H8N2O2S2/c7-12(9,10)6-3-1-5(8-11)2-4-6/h1-4,8,11H,(H2,7,9,10). The monoisotopic (exact) mass is 204 g/mol. The normalized spacial score (nSPS) is 11.2. The van der Waals surface area contributed by atoms with Crippen molar-refractivity contribution >= 4 is 28.5 Å².